The summed E-state index contributed by atoms with van der Waals surface area (Å²) in [4.78, 5) is 16.0. The highest BCUT2D eigenvalue weighted by Crippen LogP contribution is 2.34. The summed E-state index contributed by atoms with van der Waals surface area (Å²) in [5, 5.41) is 3.30. The second-order valence-electron chi connectivity index (χ2n) is 5.15. The largest absolute Gasteiger partial charge is 0.363 e. The average molecular weight is 235 g/mol. The number of rotatable bonds is 3. The molecule has 17 heavy (non-hydrogen) atoms. The molecule has 0 unspecified atom stereocenters. The van der Waals surface area contributed by atoms with Crippen LogP contribution < -0.4 is 10.9 Å². The molecule has 0 aromatic carbocycles. The molecule has 1 aliphatic rings. The van der Waals surface area contributed by atoms with Crippen molar-refractivity contribution in [3.8, 4) is 0 Å². The van der Waals surface area contributed by atoms with Crippen molar-refractivity contribution in [1.82, 2.24) is 9.55 Å². The van der Waals surface area contributed by atoms with Gasteiger partial charge in [0.2, 0.25) is 0 Å². The number of hydrogen-bond acceptors (Lipinski definition) is 3. The summed E-state index contributed by atoms with van der Waals surface area (Å²) in [6.45, 7) is 4.54. The number of aryl methyl sites for hydroxylation is 1. The fourth-order valence-corrected chi connectivity index (χ4v) is 2.81. The molecule has 2 rings (SSSR count). The van der Waals surface area contributed by atoms with Crippen molar-refractivity contribution in [3.63, 3.8) is 0 Å². The van der Waals surface area contributed by atoms with Gasteiger partial charge >= 0.3 is 0 Å². The molecule has 0 bridgehead atoms. The highest BCUT2D eigenvalue weighted by molar-refractivity contribution is 5.32. The monoisotopic (exact) mass is 235 g/mol. The maximum absolute atomic E-state index is 11.8. The van der Waals surface area contributed by atoms with Gasteiger partial charge in [0.15, 0.2) is 5.82 Å². The third kappa shape index (κ3) is 2.51. The molecular weight excluding hydrogens is 214 g/mol. The maximum Gasteiger partial charge on any atom is 0.293 e. The van der Waals surface area contributed by atoms with Crippen molar-refractivity contribution in [1.29, 1.82) is 0 Å². The fourth-order valence-electron chi connectivity index (χ4n) is 2.81. The Bertz CT molecular complexity index is 441. The zero-order valence-corrected chi connectivity index (χ0v) is 10.8. The molecule has 4 nitrogen and oxygen atoms in total. The van der Waals surface area contributed by atoms with E-state index in [4.69, 9.17) is 0 Å². The van der Waals surface area contributed by atoms with E-state index in [0.717, 1.165) is 24.7 Å². The predicted octanol–water partition coefficient (Wildman–Crippen LogP) is 2.02. The molecule has 1 aromatic rings. The molecule has 0 radical (unpaired) electrons. The van der Waals surface area contributed by atoms with Crippen LogP contribution in [0.2, 0.25) is 0 Å². The van der Waals surface area contributed by atoms with Crippen LogP contribution in [-0.4, -0.2) is 15.6 Å². The molecular formula is C13H21N3O. The van der Waals surface area contributed by atoms with Crippen molar-refractivity contribution in [2.24, 2.45) is 18.9 Å². The van der Waals surface area contributed by atoms with Gasteiger partial charge < -0.3 is 9.88 Å². The molecule has 0 aliphatic heterocycles. The summed E-state index contributed by atoms with van der Waals surface area (Å²) in [7, 11) is 1.75. The van der Waals surface area contributed by atoms with E-state index in [-0.39, 0.29) is 5.56 Å². The zero-order chi connectivity index (χ0) is 12.4. The lowest BCUT2D eigenvalue weighted by Crippen LogP contribution is -2.26. The lowest BCUT2D eigenvalue weighted by atomic mass is 9.96. The molecule has 1 saturated carbocycles. The van der Waals surface area contributed by atoms with Gasteiger partial charge in [0.25, 0.3) is 5.56 Å². The van der Waals surface area contributed by atoms with Gasteiger partial charge in [0.05, 0.1) is 0 Å². The van der Waals surface area contributed by atoms with Crippen LogP contribution in [0, 0.1) is 11.8 Å². The Labute approximate surface area is 102 Å². The van der Waals surface area contributed by atoms with E-state index in [1.165, 1.54) is 6.42 Å². The highest BCUT2D eigenvalue weighted by Gasteiger charge is 2.30. The Morgan fingerprint density at radius 1 is 1.53 bits per heavy atom. The quantitative estimate of drug-likeness (QED) is 0.872. The molecule has 0 amide bonds. The number of hydrogen-bond donors (Lipinski definition) is 1. The zero-order valence-electron chi connectivity index (χ0n) is 10.8. The molecule has 0 spiro atoms. The summed E-state index contributed by atoms with van der Waals surface area (Å²) >= 11 is 0. The van der Waals surface area contributed by atoms with Crippen LogP contribution in [0.3, 0.4) is 0 Å². The summed E-state index contributed by atoms with van der Waals surface area (Å²) in [5.41, 5.74) is -0.0416. The fraction of sp³-hybridized carbons (Fsp3) is 0.692. The average Bonchev–Trinajstić information content (AvgIpc) is 2.65. The highest BCUT2D eigenvalue weighted by atomic mass is 16.1. The van der Waals surface area contributed by atoms with Gasteiger partial charge in [-0.1, -0.05) is 20.3 Å². The molecule has 1 fully saturated rings. The first kappa shape index (κ1) is 12.1. The van der Waals surface area contributed by atoms with Crippen LogP contribution in [0.15, 0.2) is 17.2 Å². The van der Waals surface area contributed by atoms with Crippen LogP contribution in [0.1, 0.15) is 33.1 Å². The Morgan fingerprint density at radius 2 is 2.29 bits per heavy atom. The molecule has 1 aromatic heterocycles. The standard InChI is InChI=1S/C13H21N3O/c1-4-10-8-11(7-9(10)2)15-12-13(17)16(3)6-5-14-12/h5-6,9-11H,4,7-8H2,1-3H3,(H,14,15)/t9-,10-,11-/m0/s1. The van der Waals surface area contributed by atoms with Gasteiger partial charge in [-0.3, -0.25) is 4.79 Å². The van der Waals surface area contributed by atoms with Crippen molar-refractivity contribution in [2.75, 3.05) is 5.32 Å². The Hall–Kier alpha value is -1.32. The van der Waals surface area contributed by atoms with Gasteiger partial charge in [-0.2, -0.15) is 0 Å². The first-order chi connectivity index (χ1) is 8.11. The molecule has 94 valence electrons. The normalized spacial score (nSPS) is 28.3. The molecule has 1 N–H and O–H groups in total. The van der Waals surface area contributed by atoms with Gasteiger partial charge in [-0.25, -0.2) is 4.98 Å². The maximum atomic E-state index is 11.8. The summed E-state index contributed by atoms with van der Waals surface area (Å²) in [6.07, 6.45) is 6.86. The first-order valence-electron chi connectivity index (χ1n) is 6.40. The van der Waals surface area contributed by atoms with Gasteiger partial charge in [0, 0.05) is 25.5 Å². The topological polar surface area (TPSA) is 46.9 Å². The molecule has 1 heterocycles. The van der Waals surface area contributed by atoms with Crippen LogP contribution in [-0.2, 0) is 7.05 Å². The van der Waals surface area contributed by atoms with Gasteiger partial charge in [0.1, 0.15) is 0 Å². The minimum absolute atomic E-state index is 0.0416. The van der Waals surface area contributed by atoms with E-state index < -0.39 is 0 Å². The van der Waals surface area contributed by atoms with Crippen LogP contribution in [0.25, 0.3) is 0 Å². The van der Waals surface area contributed by atoms with Crippen molar-refractivity contribution in [3.05, 3.63) is 22.7 Å². The number of aromatic nitrogens is 2. The minimum Gasteiger partial charge on any atom is -0.363 e. The van der Waals surface area contributed by atoms with Crippen molar-refractivity contribution < 1.29 is 0 Å². The summed E-state index contributed by atoms with van der Waals surface area (Å²) in [6, 6.07) is 0.401. The van der Waals surface area contributed by atoms with Crippen LogP contribution in [0.5, 0.6) is 0 Å². The van der Waals surface area contributed by atoms with E-state index in [1.54, 1.807) is 24.0 Å². The number of anilines is 1. The Morgan fingerprint density at radius 3 is 2.94 bits per heavy atom. The predicted molar refractivity (Wildman–Crippen MR) is 69.1 cm³/mol. The lowest BCUT2D eigenvalue weighted by Gasteiger charge is -2.13. The van der Waals surface area contributed by atoms with E-state index in [1.807, 2.05) is 0 Å². The summed E-state index contributed by atoms with van der Waals surface area (Å²) < 4.78 is 1.56. The second-order valence-corrected chi connectivity index (χ2v) is 5.15. The SMILES string of the molecule is CC[C@H]1C[C@@H](Nc2nccn(C)c2=O)C[C@@H]1C. The third-order valence-corrected chi connectivity index (χ3v) is 3.93. The number of nitrogens with one attached hydrogen (secondary N) is 1. The third-order valence-electron chi connectivity index (χ3n) is 3.93. The molecule has 3 atom stereocenters. The van der Waals surface area contributed by atoms with E-state index in [9.17, 15) is 4.79 Å². The van der Waals surface area contributed by atoms with E-state index in [2.05, 4.69) is 24.1 Å². The van der Waals surface area contributed by atoms with Crippen molar-refractivity contribution in [2.45, 2.75) is 39.2 Å². The number of nitrogens with zero attached hydrogens (tertiary/aromatic N) is 2. The summed E-state index contributed by atoms with van der Waals surface area (Å²) in [5.74, 6) is 2.01. The Kier molecular flexibility index (Phi) is 3.50. The van der Waals surface area contributed by atoms with Crippen molar-refractivity contribution >= 4 is 5.82 Å². The minimum atomic E-state index is -0.0416. The van der Waals surface area contributed by atoms with Gasteiger partial charge in [-0.05, 0) is 24.7 Å². The molecule has 1 aliphatic carbocycles. The second kappa shape index (κ2) is 4.90. The Balaban J connectivity index is 2.08. The van der Waals surface area contributed by atoms with E-state index in [0.29, 0.717) is 11.9 Å². The van der Waals surface area contributed by atoms with Gasteiger partial charge in [-0.15, -0.1) is 0 Å². The first-order valence-corrected chi connectivity index (χ1v) is 6.40. The van der Waals surface area contributed by atoms with E-state index >= 15 is 0 Å². The van der Waals surface area contributed by atoms with Crippen LogP contribution in [0.4, 0.5) is 5.82 Å². The molecule has 0 saturated heterocycles. The van der Waals surface area contributed by atoms with Crippen LogP contribution >= 0.6 is 0 Å². The lowest BCUT2D eigenvalue weighted by molar-refractivity contribution is 0.407. The smallest absolute Gasteiger partial charge is 0.293 e. The molecule has 4 heteroatoms.